The molecule has 0 unspecified atom stereocenters. The molecular formula is C13H19N3OS. The fourth-order valence-corrected chi connectivity index (χ4v) is 2.69. The van der Waals surface area contributed by atoms with Crippen molar-refractivity contribution in [2.75, 3.05) is 17.6 Å². The van der Waals surface area contributed by atoms with Gasteiger partial charge in [0.1, 0.15) is 16.6 Å². The van der Waals surface area contributed by atoms with Gasteiger partial charge in [0.05, 0.1) is 10.6 Å². The van der Waals surface area contributed by atoms with E-state index in [1.807, 2.05) is 13.8 Å². The van der Waals surface area contributed by atoms with Gasteiger partial charge >= 0.3 is 0 Å². The van der Waals surface area contributed by atoms with Crippen molar-refractivity contribution in [2.45, 2.75) is 33.6 Å². The predicted molar refractivity (Wildman–Crippen MR) is 76.0 cm³/mol. The Kier molecular flexibility index (Phi) is 5.17. The second-order valence-electron chi connectivity index (χ2n) is 4.46. The largest absolute Gasteiger partial charge is 0.396 e. The summed E-state index contributed by atoms with van der Waals surface area (Å²) in [5, 5.41) is 13.0. The first-order valence-electron chi connectivity index (χ1n) is 6.13. The van der Waals surface area contributed by atoms with Gasteiger partial charge in [-0.15, -0.1) is 11.3 Å². The molecule has 1 aromatic rings. The summed E-state index contributed by atoms with van der Waals surface area (Å²) in [5.41, 5.74) is 6.61. The van der Waals surface area contributed by atoms with Gasteiger partial charge in [0, 0.05) is 12.5 Å². The second-order valence-corrected chi connectivity index (χ2v) is 5.48. The Morgan fingerprint density at radius 2 is 2.22 bits per heavy atom. The average Bonchev–Trinajstić information content (AvgIpc) is 2.65. The number of Topliss-reactive ketones (excluding diaryl/α,β-unsaturated/α-hetero) is 1. The number of carbonyl (C=O) groups excluding carboxylic acids is 1. The molecule has 1 heterocycles. The molecule has 0 atom stereocenters. The zero-order valence-corrected chi connectivity index (χ0v) is 11.9. The van der Waals surface area contributed by atoms with Crippen LogP contribution in [0.5, 0.6) is 0 Å². The lowest BCUT2D eigenvalue weighted by atomic mass is 10.1. The summed E-state index contributed by atoms with van der Waals surface area (Å²) in [4.78, 5) is 12.5. The molecule has 0 radical (unpaired) electrons. The van der Waals surface area contributed by atoms with Crippen LogP contribution < -0.4 is 11.1 Å². The highest BCUT2D eigenvalue weighted by molar-refractivity contribution is 7.19. The van der Waals surface area contributed by atoms with Gasteiger partial charge < -0.3 is 11.1 Å². The van der Waals surface area contributed by atoms with E-state index in [9.17, 15) is 4.79 Å². The van der Waals surface area contributed by atoms with Crippen LogP contribution in [0.15, 0.2) is 0 Å². The highest BCUT2D eigenvalue weighted by Gasteiger charge is 2.22. The Bertz CT molecular complexity index is 471. The Labute approximate surface area is 112 Å². The lowest BCUT2D eigenvalue weighted by Gasteiger charge is -2.02. The van der Waals surface area contributed by atoms with Gasteiger partial charge in [-0.3, -0.25) is 4.79 Å². The Hall–Kier alpha value is -1.54. The fraction of sp³-hybridized carbons (Fsp3) is 0.538. The molecule has 98 valence electrons. The molecule has 0 amide bonds. The zero-order chi connectivity index (χ0) is 13.7. The van der Waals surface area contributed by atoms with Crippen LogP contribution in [0.25, 0.3) is 0 Å². The number of anilines is 2. The Balaban J connectivity index is 3.02. The molecule has 0 bridgehead atoms. The summed E-state index contributed by atoms with van der Waals surface area (Å²) in [5.74, 6) is -0.112. The quantitative estimate of drug-likeness (QED) is 0.611. The molecule has 0 saturated carbocycles. The van der Waals surface area contributed by atoms with Crippen molar-refractivity contribution in [3.8, 4) is 6.07 Å². The molecule has 5 heteroatoms. The van der Waals surface area contributed by atoms with Crippen molar-refractivity contribution in [1.29, 1.82) is 5.26 Å². The summed E-state index contributed by atoms with van der Waals surface area (Å²) in [6.45, 7) is 6.55. The van der Waals surface area contributed by atoms with Crippen LogP contribution in [0.2, 0.25) is 0 Å². The summed E-state index contributed by atoms with van der Waals surface area (Å²) in [6.07, 6.45) is 2.10. The minimum Gasteiger partial charge on any atom is -0.396 e. The van der Waals surface area contributed by atoms with Crippen LogP contribution in [0.1, 0.15) is 48.8 Å². The Morgan fingerprint density at radius 3 is 2.72 bits per heavy atom. The summed E-state index contributed by atoms with van der Waals surface area (Å²) >= 11 is 1.29. The highest BCUT2D eigenvalue weighted by Crippen LogP contribution is 2.36. The number of rotatable bonds is 6. The molecule has 4 nitrogen and oxygen atoms in total. The third-order valence-electron chi connectivity index (χ3n) is 2.62. The lowest BCUT2D eigenvalue weighted by molar-refractivity contribution is 0.0944. The number of nitrogens with zero attached hydrogens (tertiary/aromatic N) is 1. The van der Waals surface area contributed by atoms with Gasteiger partial charge in [0.2, 0.25) is 0 Å². The highest BCUT2D eigenvalue weighted by atomic mass is 32.1. The van der Waals surface area contributed by atoms with Crippen LogP contribution in [0.3, 0.4) is 0 Å². The maximum Gasteiger partial charge on any atom is 0.177 e. The van der Waals surface area contributed by atoms with Crippen LogP contribution in [-0.2, 0) is 0 Å². The number of hydrogen-bond acceptors (Lipinski definition) is 5. The summed E-state index contributed by atoms with van der Waals surface area (Å²) in [7, 11) is 0. The summed E-state index contributed by atoms with van der Waals surface area (Å²) in [6, 6.07) is 2.08. The average molecular weight is 265 g/mol. The SMILES string of the molecule is CCCCNc1sc(C(=O)C(C)C)c(N)c1C#N. The minimum atomic E-state index is -0.110. The van der Waals surface area contributed by atoms with E-state index in [1.165, 1.54) is 11.3 Å². The third-order valence-corrected chi connectivity index (χ3v) is 3.80. The van der Waals surface area contributed by atoms with Crippen LogP contribution >= 0.6 is 11.3 Å². The van der Waals surface area contributed by atoms with Gasteiger partial charge in [-0.05, 0) is 6.42 Å². The van der Waals surface area contributed by atoms with Crippen molar-refractivity contribution >= 4 is 27.8 Å². The molecule has 0 fully saturated rings. The molecule has 0 aromatic carbocycles. The van der Waals surface area contributed by atoms with Crippen molar-refractivity contribution in [3.63, 3.8) is 0 Å². The first-order valence-corrected chi connectivity index (χ1v) is 6.95. The minimum absolute atomic E-state index is 0.00228. The molecule has 0 spiro atoms. The van der Waals surface area contributed by atoms with Crippen molar-refractivity contribution in [2.24, 2.45) is 5.92 Å². The Morgan fingerprint density at radius 1 is 1.56 bits per heavy atom. The number of nitrogen functional groups attached to an aromatic ring is 1. The molecule has 0 aliphatic carbocycles. The number of thiophene rings is 1. The van der Waals surface area contributed by atoms with Gasteiger partial charge in [0.25, 0.3) is 0 Å². The van der Waals surface area contributed by atoms with Crippen molar-refractivity contribution in [1.82, 2.24) is 0 Å². The monoisotopic (exact) mass is 265 g/mol. The van der Waals surface area contributed by atoms with E-state index in [1.54, 1.807) is 0 Å². The summed E-state index contributed by atoms with van der Waals surface area (Å²) < 4.78 is 0. The molecule has 0 saturated heterocycles. The molecule has 1 aromatic heterocycles. The molecule has 3 N–H and O–H groups in total. The van der Waals surface area contributed by atoms with Gasteiger partial charge in [-0.2, -0.15) is 5.26 Å². The number of nitrogens with two attached hydrogens (primary N) is 1. The number of ketones is 1. The molecule has 1 rings (SSSR count). The van der Waals surface area contributed by atoms with E-state index in [-0.39, 0.29) is 11.7 Å². The number of unbranched alkanes of at least 4 members (excludes halogenated alkanes) is 1. The number of carbonyl (C=O) groups is 1. The second kappa shape index (κ2) is 6.41. The first-order chi connectivity index (χ1) is 8.52. The molecular weight excluding hydrogens is 246 g/mol. The third kappa shape index (κ3) is 3.02. The smallest absolute Gasteiger partial charge is 0.177 e. The maximum absolute atomic E-state index is 12.0. The number of nitriles is 1. The standard InChI is InChI=1S/C13H19N3OS/c1-4-5-6-16-13-9(7-14)10(15)12(18-13)11(17)8(2)3/h8,16H,4-6,15H2,1-3H3. The van der Waals surface area contributed by atoms with Crippen LogP contribution in [-0.4, -0.2) is 12.3 Å². The van der Waals surface area contributed by atoms with Crippen molar-refractivity contribution < 1.29 is 4.79 Å². The zero-order valence-electron chi connectivity index (χ0n) is 11.0. The van der Waals surface area contributed by atoms with Gasteiger partial charge in [-0.1, -0.05) is 27.2 Å². The van der Waals surface area contributed by atoms with E-state index in [2.05, 4.69) is 18.3 Å². The molecule has 0 aliphatic heterocycles. The number of nitrogens with one attached hydrogen (secondary N) is 1. The molecule has 0 aliphatic rings. The van der Waals surface area contributed by atoms with E-state index < -0.39 is 0 Å². The van der Waals surface area contributed by atoms with Crippen LogP contribution in [0, 0.1) is 17.2 Å². The number of hydrogen-bond donors (Lipinski definition) is 2. The van der Waals surface area contributed by atoms with Crippen LogP contribution in [0.4, 0.5) is 10.7 Å². The van der Waals surface area contributed by atoms with Gasteiger partial charge in [0.15, 0.2) is 5.78 Å². The van der Waals surface area contributed by atoms with E-state index in [0.717, 1.165) is 19.4 Å². The first kappa shape index (κ1) is 14.5. The van der Waals surface area contributed by atoms with E-state index >= 15 is 0 Å². The topological polar surface area (TPSA) is 78.9 Å². The normalized spacial score (nSPS) is 10.4. The van der Waals surface area contributed by atoms with E-state index in [0.29, 0.717) is 21.1 Å². The lowest BCUT2D eigenvalue weighted by Crippen LogP contribution is -2.07. The fourth-order valence-electron chi connectivity index (χ4n) is 1.50. The van der Waals surface area contributed by atoms with Crippen molar-refractivity contribution in [3.05, 3.63) is 10.4 Å². The predicted octanol–water partition coefficient (Wildman–Crippen LogP) is 3.25. The maximum atomic E-state index is 12.0. The molecule has 18 heavy (non-hydrogen) atoms. The van der Waals surface area contributed by atoms with E-state index in [4.69, 9.17) is 11.0 Å². The van der Waals surface area contributed by atoms with Gasteiger partial charge in [-0.25, -0.2) is 0 Å².